The summed E-state index contributed by atoms with van der Waals surface area (Å²) < 4.78 is 0. The molecule has 5 nitrogen and oxygen atoms in total. The van der Waals surface area contributed by atoms with Crippen molar-refractivity contribution in [2.24, 2.45) is 5.92 Å². The van der Waals surface area contributed by atoms with E-state index in [9.17, 15) is 9.59 Å². The van der Waals surface area contributed by atoms with Gasteiger partial charge in [-0.25, -0.2) is 0 Å². The summed E-state index contributed by atoms with van der Waals surface area (Å²) >= 11 is 0. The Morgan fingerprint density at radius 1 is 0.966 bits per heavy atom. The first-order valence-electron chi connectivity index (χ1n) is 10.1. The number of nitrogens with one attached hydrogen (secondary N) is 1. The number of hydrogen-bond donors (Lipinski definition) is 1. The molecular weight excluding hydrogens is 362 g/mol. The second-order valence-corrected chi connectivity index (χ2v) is 7.59. The topological polar surface area (TPSA) is 62.3 Å². The second kappa shape index (κ2) is 8.86. The number of likely N-dealkylation sites (tertiary alicyclic amines) is 1. The molecule has 0 aliphatic carbocycles. The highest BCUT2D eigenvalue weighted by molar-refractivity contribution is 5.85. The number of carbonyl (C=O) groups excluding carboxylic acids is 2. The maximum atomic E-state index is 12.7. The van der Waals surface area contributed by atoms with Gasteiger partial charge in [-0.1, -0.05) is 48.5 Å². The monoisotopic (exact) mass is 387 g/mol. The predicted molar refractivity (Wildman–Crippen MR) is 113 cm³/mol. The van der Waals surface area contributed by atoms with E-state index >= 15 is 0 Å². The fourth-order valence-electron chi connectivity index (χ4n) is 3.86. The molecule has 1 aromatic heterocycles. The lowest BCUT2D eigenvalue weighted by atomic mass is 9.95. The van der Waals surface area contributed by atoms with Crippen LogP contribution in [0.4, 0.5) is 0 Å². The molecule has 0 bridgehead atoms. The summed E-state index contributed by atoms with van der Waals surface area (Å²) in [5, 5.41) is 5.32. The quantitative estimate of drug-likeness (QED) is 0.730. The Bertz CT molecular complexity index is 995. The van der Waals surface area contributed by atoms with Gasteiger partial charge in [-0.2, -0.15) is 0 Å². The van der Waals surface area contributed by atoms with Gasteiger partial charge in [0, 0.05) is 37.9 Å². The zero-order chi connectivity index (χ0) is 20.1. The van der Waals surface area contributed by atoms with E-state index in [0.29, 0.717) is 38.9 Å². The molecule has 1 fully saturated rings. The highest BCUT2D eigenvalue weighted by Crippen LogP contribution is 2.20. The van der Waals surface area contributed by atoms with E-state index in [1.54, 1.807) is 12.4 Å². The number of amides is 2. The number of aromatic nitrogens is 1. The number of carbonyl (C=O) groups is 2. The third-order valence-electron chi connectivity index (χ3n) is 5.58. The van der Waals surface area contributed by atoms with Crippen molar-refractivity contribution < 1.29 is 9.59 Å². The van der Waals surface area contributed by atoms with Crippen LogP contribution in [0.1, 0.15) is 24.0 Å². The number of nitrogens with zero attached hydrogens (tertiary/aromatic N) is 2. The lowest BCUT2D eigenvalue weighted by Gasteiger charge is -2.31. The predicted octanol–water partition coefficient (Wildman–Crippen LogP) is 3.33. The van der Waals surface area contributed by atoms with Gasteiger partial charge >= 0.3 is 0 Å². The zero-order valence-corrected chi connectivity index (χ0v) is 16.4. The fraction of sp³-hybridized carbons (Fsp3) is 0.292. The summed E-state index contributed by atoms with van der Waals surface area (Å²) in [5.74, 6) is 0.168. The summed E-state index contributed by atoms with van der Waals surface area (Å²) in [6.45, 7) is 1.77. The van der Waals surface area contributed by atoms with E-state index in [2.05, 4.69) is 34.6 Å². The first-order chi connectivity index (χ1) is 14.2. The lowest BCUT2D eigenvalue weighted by Crippen LogP contribution is -2.43. The maximum Gasteiger partial charge on any atom is 0.226 e. The van der Waals surface area contributed by atoms with Crippen LogP contribution < -0.4 is 5.32 Å². The van der Waals surface area contributed by atoms with Gasteiger partial charge in [0.1, 0.15) is 0 Å². The molecule has 3 aromatic rings. The van der Waals surface area contributed by atoms with Crippen molar-refractivity contribution in [3.8, 4) is 0 Å². The van der Waals surface area contributed by atoms with Gasteiger partial charge < -0.3 is 10.2 Å². The Labute approximate surface area is 170 Å². The van der Waals surface area contributed by atoms with Crippen LogP contribution in [0.15, 0.2) is 67.0 Å². The normalized spacial score (nSPS) is 14.7. The van der Waals surface area contributed by atoms with Gasteiger partial charge in [0.25, 0.3) is 0 Å². The van der Waals surface area contributed by atoms with Gasteiger partial charge in [0.05, 0.1) is 6.42 Å². The molecular formula is C24H25N3O2. The largest absolute Gasteiger partial charge is 0.352 e. The molecule has 2 amide bonds. The van der Waals surface area contributed by atoms with Gasteiger partial charge in [-0.15, -0.1) is 0 Å². The Kier molecular flexibility index (Phi) is 5.84. The molecule has 0 radical (unpaired) electrons. The van der Waals surface area contributed by atoms with Crippen LogP contribution in [0.5, 0.6) is 0 Å². The Morgan fingerprint density at radius 2 is 1.76 bits per heavy atom. The van der Waals surface area contributed by atoms with Crippen LogP contribution in [0.25, 0.3) is 10.8 Å². The van der Waals surface area contributed by atoms with Crippen LogP contribution in [0, 0.1) is 5.92 Å². The van der Waals surface area contributed by atoms with Gasteiger partial charge in [0.2, 0.25) is 11.8 Å². The summed E-state index contributed by atoms with van der Waals surface area (Å²) in [6, 6.07) is 18.2. The van der Waals surface area contributed by atoms with Crippen LogP contribution in [-0.4, -0.2) is 34.8 Å². The van der Waals surface area contributed by atoms with E-state index in [1.807, 2.05) is 35.2 Å². The molecule has 0 atom stereocenters. The number of rotatable bonds is 5. The minimum absolute atomic E-state index is 0.0311. The average Bonchev–Trinajstić information content (AvgIpc) is 2.78. The average molecular weight is 387 g/mol. The molecule has 29 heavy (non-hydrogen) atoms. The van der Waals surface area contributed by atoms with Crippen molar-refractivity contribution in [3.63, 3.8) is 0 Å². The molecule has 1 aliphatic heterocycles. The summed E-state index contributed by atoms with van der Waals surface area (Å²) in [4.78, 5) is 31.1. The highest BCUT2D eigenvalue weighted by atomic mass is 16.2. The molecule has 5 heteroatoms. The summed E-state index contributed by atoms with van der Waals surface area (Å²) in [7, 11) is 0. The third kappa shape index (κ3) is 4.80. The molecule has 2 heterocycles. The van der Waals surface area contributed by atoms with Crippen molar-refractivity contribution in [3.05, 3.63) is 78.1 Å². The van der Waals surface area contributed by atoms with Crippen molar-refractivity contribution in [1.82, 2.24) is 15.2 Å². The van der Waals surface area contributed by atoms with Crippen LogP contribution in [-0.2, 0) is 22.6 Å². The van der Waals surface area contributed by atoms with Crippen molar-refractivity contribution in [2.75, 3.05) is 13.1 Å². The lowest BCUT2D eigenvalue weighted by molar-refractivity contribution is -0.135. The molecule has 1 aliphatic rings. The standard InChI is InChI=1S/C24H25N3O2/c28-23(15-18-7-8-20-5-1-2-6-22(20)14-18)27-12-9-21(10-13-27)24(29)26-17-19-4-3-11-25-16-19/h1-8,11,14,16,21H,9-10,12-13,15,17H2,(H,26,29). The number of benzene rings is 2. The fourth-order valence-corrected chi connectivity index (χ4v) is 3.86. The molecule has 1 saturated heterocycles. The zero-order valence-electron chi connectivity index (χ0n) is 16.4. The number of pyridine rings is 1. The number of hydrogen-bond acceptors (Lipinski definition) is 3. The molecule has 4 rings (SSSR count). The van der Waals surface area contributed by atoms with Crippen LogP contribution in [0.2, 0.25) is 0 Å². The number of piperidine rings is 1. The van der Waals surface area contributed by atoms with E-state index in [-0.39, 0.29) is 17.7 Å². The van der Waals surface area contributed by atoms with Crippen molar-refractivity contribution in [1.29, 1.82) is 0 Å². The van der Waals surface area contributed by atoms with Crippen molar-refractivity contribution >= 4 is 22.6 Å². The molecule has 148 valence electrons. The molecule has 0 spiro atoms. The van der Waals surface area contributed by atoms with Crippen molar-refractivity contribution in [2.45, 2.75) is 25.8 Å². The Hall–Kier alpha value is -3.21. The number of fused-ring (bicyclic) bond motifs is 1. The first-order valence-corrected chi connectivity index (χ1v) is 10.1. The Balaban J connectivity index is 1.27. The minimum Gasteiger partial charge on any atom is -0.352 e. The summed E-state index contributed by atoms with van der Waals surface area (Å²) in [5.41, 5.74) is 2.02. The third-order valence-corrected chi connectivity index (χ3v) is 5.58. The van der Waals surface area contributed by atoms with E-state index in [4.69, 9.17) is 0 Å². The van der Waals surface area contributed by atoms with E-state index in [0.717, 1.165) is 16.5 Å². The van der Waals surface area contributed by atoms with E-state index < -0.39 is 0 Å². The highest BCUT2D eigenvalue weighted by Gasteiger charge is 2.27. The summed E-state index contributed by atoms with van der Waals surface area (Å²) in [6.07, 6.45) is 5.30. The Morgan fingerprint density at radius 3 is 2.52 bits per heavy atom. The van der Waals surface area contributed by atoms with Gasteiger partial charge in [-0.3, -0.25) is 14.6 Å². The SMILES string of the molecule is O=C(NCc1cccnc1)C1CCN(C(=O)Cc2ccc3ccccc3c2)CC1. The second-order valence-electron chi connectivity index (χ2n) is 7.59. The molecule has 1 N–H and O–H groups in total. The van der Waals surface area contributed by atoms with Crippen LogP contribution >= 0.6 is 0 Å². The van der Waals surface area contributed by atoms with Gasteiger partial charge in [-0.05, 0) is 40.8 Å². The molecule has 0 saturated carbocycles. The minimum atomic E-state index is -0.0311. The maximum absolute atomic E-state index is 12.7. The molecule has 2 aromatic carbocycles. The first kappa shape index (κ1) is 19.1. The van der Waals surface area contributed by atoms with Gasteiger partial charge in [0.15, 0.2) is 0 Å². The molecule has 0 unspecified atom stereocenters. The van der Waals surface area contributed by atoms with Crippen LogP contribution in [0.3, 0.4) is 0 Å². The smallest absolute Gasteiger partial charge is 0.226 e. The van der Waals surface area contributed by atoms with E-state index in [1.165, 1.54) is 5.39 Å².